The van der Waals surface area contributed by atoms with E-state index in [2.05, 4.69) is 31.1 Å². The Labute approximate surface area is 144 Å². The second-order valence-electron chi connectivity index (χ2n) is 4.45. The number of thiazole rings is 1. The number of nitrogens with one attached hydrogen (secondary N) is 2. The molecule has 0 saturated carbocycles. The molecular formula is C12H12ClN7OS2. The van der Waals surface area contributed by atoms with Gasteiger partial charge in [-0.05, 0) is 28.6 Å². The summed E-state index contributed by atoms with van der Waals surface area (Å²) in [5.74, 6) is 0.664. The zero-order chi connectivity index (χ0) is 16.2. The van der Waals surface area contributed by atoms with E-state index < -0.39 is 0 Å². The molecule has 0 atom stereocenters. The maximum atomic E-state index is 11.8. The minimum atomic E-state index is -0.299. The predicted molar refractivity (Wildman–Crippen MR) is 91.2 cm³/mol. The first-order valence-electron chi connectivity index (χ1n) is 6.58. The number of carbonyl (C=O) groups is 1. The summed E-state index contributed by atoms with van der Waals surface area (Å²) in [7, 11) is 1.77. The third-order valence-corrected chi connectivity index (χ3v) is 4.95. The standard InChI is InChI=1S/C12H12ClN7OS2/c1-20-12(17-18-19-20)22-5-4-14-10(21)16-11-15-8-3-2-7(13)6-9(8)23-11/h2-3,6H,4-5H2,1H3,(H2,14,15,16,21). The number of aromatic nitrogens is 5. The van der Waals surface area contributed by atoms with E-state index in [0.29, 0.717) is 27.6 Å². The van der Waals surface area contributed by atoms with Crippen molar-refractivity contribution in [2.24, 2.45) is 7.05 Å². The van der Waals surface area contributed by atoms with Crippen LogP contribution in [0.2, 0.25) is 5.02 Å². The Morgan fingerprint density at radius 1 is 1.48 bits per heavy atom. The minimum absolute atomic E-state index is 0.299. The molecule has 0 aliphatic carbocycles. The number of hydrogen-bond donors (Lipinski definition) is 2. The van der Waals surface area contributed by atoms with Crippen molar-refractivity contribution in [3.05, 3.63) is 23.2 Å². The van der Waals surface area contributed by atoms with Gasteiger partial charge in [-0.15, -0.1) is 5.10 Å². The average Bonchev–Trinajstić information content (AvgIpc) is 3.09. The van der Waals surface area contributed by atoms with E-state index in [1.807, 2.05) is 12.1 Å². The van der Waals surface area contributed by atoms with E-state index >= 15 is 0 Å². The van der Waals surface area contributed by atoms with E-state index in [1.165, 1.54) is 23.1 Å². The Morgan fingerprint density at radius 3 is 3.13 bits per heavy atom. The van der Waals surface area contributed by atoms with Crippen molar-refractivity contribution in [1.29, 1.82) is 0 Å². The first-order chi connectivity index (χ1) is 11.1. The molecule has 2 aromatic heterocycles. The maximum absolute atomic E-state index is 11.8. The second-order valence-corrected chi connectivity index (χ2v) is 6.97. The SMILES string of the molecule is Cn1nnnc1SCCNC(=O)Nc1nc2ccc(Cl)cc2s1. The molecule has 0 fully saturated rings. The highest BCUT2D eigenvalue weighted by atomic mass is 35.5. The molecule has 0 saturated heterocycles. The van der Waals surface area contributed by atoms with E-state index in [4.69, 9.17) is 11.6 Å². The Bertz CT molecular complexity index is 834. The summed E-state index contributed by atoms with van der Waals surface area (Å²) >= 11 is 8.77. The molecule has 0 aliphatic rings. The first-order valence-corrected chi connectivity index (χ1v) is 8.76. The van der Waals surface area contributed by atoms with Gasteiger partial charge in [0.05, 0.1) is 10.2 Å². The summed E-state index contributed by atoms with van der Waals surface area (Å²) in [6, 6.07) is 5.12. The molecule has 2 amide bonds. The molecule has 0 aliphatic heterocycles. The molecule has 0 spiro atoms. The lowest BCUT2D eigenvalue weighted by Crippen LogP contribution is -2.30. The summed E-state index contributed by atoms with van der Waals surface area (Å²) in [4.78, 5) is 16.2. The minimum Gasteiger partial charge on any atom is -0.337 e. The molecule has 0 unspecified atom stereocenters. The van der Waals surface area contributed by atoms with Crippen LogP contribution in [0.3, 0.4) is 0 Å². The van der Waals surface area contributed by atoms with E-state index in [0.717, 1.165) is 10.2 Å². The van der Waals surface area contributed by atoms with E-state index in [1.54, 1.807) is 17.8 Å². The number of urea groups is 1. The molecule has 2 heterocycles. The van der Waals surface area contributed by atoms with Crippen molar-refractivity contribution in [2.75, 3.05) is 17.6 Å². The molecule has 8 nitrogen and oxygen atoms in total. The highest BCUT2D eigenvalue weighted by molar-refractivity contribution is 7.99. The number of anilines is 1. The van der Waals surface area contributed by atoms with Gasteiger partial charge in [-0.1, -0.05) is 34.7 Å². The number of hydrogen-bond acceptors (Lipinski definition) is 7. The van der Waals surface area contributed by atoms with E-state index in [9.17, 15) is 4.79 Å². The largest absolute Gasteiger partial charge is 0.337 e. The van der Waals surface area contributed by atoms with Crippen molar-refractivity contribution in [2.45, 2.75) is 5.16 Å². The number of fused-ring (bicyclic) bond motifs is 1. The summed E-state index contributed by atoms with van der Waals surface area (Å²) in [5.41, 5.74) is 0.806. The van der Waals surface area contributed by atoms with Gasteiger partial charge in [-0.25, -0.2) is 14.5 Å². The van der Waals surface area contributed by atoms with Gasteiger partial charge < -0.3 is 5.32 Å². The number of rotatable bonds is 5. The summed E-state index contributed by atoms with van der Waals surface area (Å²) in [6.45, 7) is 0.486. The normalized spacial score (nSPS) is 10.9. The molecule has 23 heavy (non-hydrogen) atoms. The van der Waals surface area contributed by atoms with Crippen molar-refractivity contribution in [1.82, 2.24) is 30.5 Å². The van der Waals surface area contributed by atoms with Gasteiger partial charge in [-0.3, -0.25) is 5.32 Å². The predicted octanol–water partition coefficient (Wildman–Crippen LogP) is 2.39. The number of thioether (sulfide) groups is 1. The lowest BCUT2D eigenvalue weighted by molar-refractivity contribution is 0.252. The molecule has 0 radical (unpaired) electrons. The average molecular weight is 370 g/mol. The highest BCUT2D eigenvalue weighted by Gasteiger charge is 2.08. The van der Waals surface area contributed by atoms with Crippen molar-refractivity contribution >= 4 is 56.1 Å². The van der Waals surface area contributed by atoms with Crippen LogP contribution < -0.4 is 10.6 Å². The number of aryl methyl sites for hydroxylation is 1. The fourth-order valence-electron chi connectivity index (χ4n) is 1.74. The number of amides is 2. The highest BCUT2D eigenvalue weighted by Crippen LogP contribution is 2.28. The van der Waals surface area contributed by atoms with Crippen LogP contribution in [0.25, 0.3) is 10.2 Å². The summed E-state index contributed by atoms with van der Waals surface area (Å²) < 4.78 is 2.51. The lowest BCUT2D eigenvalue weighted by atomic mass is 10.3. The third-order valence-electron chi connectivity index (χ3n) is 2.77. The number of tetrazole rings is 1. The Hall–Kier alpha value is -1.91. The van der Waals surface area contributed by atoms with Crippen LogP contribution in [0.15, 0.2) is 23.4 Å². The zero-order valence-corrected chi connectivity index (χ0v) is 14.4. The van der Waals surface area contributed by atoms with E-state index in [-0.39, 0.29) is 6.03 Å². The lowest BCUT2D eigenvalue weighted by Gasteiger charge is -2.04. The summed E-state index contributed by atoms with van der Waals surface area (Å²) in [6.07, 6.45) is 0. The van der Waals surface area contributed by atoms with Crippen molar-refractivity contribution in [3.63, 3.8) is 0 Å². The third kappa shape index (κ3) is 4.09. The first kappa shape index (κ1) is 16.0. The topological polar surface area (TPSA) is 97.6 Å². The van der Waals surface area contributed by atoms with Crippen LogP contribution in [0.5, 0.6) is 0 Å². The van der Waals surface area contributed by atoms with Gasteiger partial charge in [0, 0.05) is 24.4 Å². The number of nitrogens with zero attached hydrogens (tertiary/aromatic N) is 5. The number of carbonyl (C=O) groups excluding carboxylic acids is 1. The second kappa shape index (κ2) is 7.11. The molecule has 2 N–H and O–H groups in total. The molecule has 120 valence electrons. The van der Waals surface area contributed by atoms with Gasteiger partial charge in [0.2, 0.25) is 5.16 Å². The quantitative estimate of drug-likeness (QED) is 0.529. The van der Waals surface area contributed by atoms with Gasteiger partial charge in [-0.2, -0.15) is 0 Å². The molecule has 0 bridgehead atoms. The Balaban J connectivity index is 1.47. The van der Waals surface area contributed by atoms with Gasteiger partial charge in [0.15, 0.2) is 5.13 Å². The van der Waals surface area contributed by atoms with Gasteiger partial charge >= 0.3 is 6.03 Å². The van der Waals surface area contributed by atoms with Gasteiger partial charge in [0.1, 0.15) is 0 Å². The van der Waals surface area contributed by atoms with Crippen LogP contribution in [0.1, 0.15) is 0 Å². The van der Waals surface area contributed by atoms with Gasteiger partial charge in [0.25, 0.3) is 0 Å². The molecule has 3 rings (SSSR count). The smallest absolute Gasteiger partial charge is 0.321 e. The van der Waals surface area contributed by atoms with Crippen LogP contribution in [-0.4, -0.2) is 43.5 Å². The molecule has 3 aromatic rings. The molecule has 1 aromatic carbocycles. The number of halogens is 1. The summed E-state index contributed by atoms with van der Waals surface area (Å²) in [5, 5.41) is 18.5. The molecular weight excluding hydrogens is 358 g/mol. The Morgan fingerprint density at radius 2 is 2.35 bits per heavy atom. The fourth-order valence-corrected chi connectivity index (χ4v) is 3.58. The fraction of sp³-hybridized carbons (Fsp3) is 0.250. The van der Waals surface area contributed by atoms with Crippen LogP contribution >= 0.6 is 34.7 Å². The monoisotopic (exact) mass is 369 g/mol. The van der Waals surface area contributed by atoms with Crippen LogP contribution in [0, 0.1) is 0 Å². The van der Waals surface area contributed by atoms with Crippen molar-refractivity contribution in [3.8, 4) is 0 Å². The number of benzene rings is 1. The Kier molecular flexibility index (Phi) is 4.94. The van der Waals surface area contributed by atoms with Crippen molar-refractivity contribution < 1.29 is 4.79 Å². The zero-order valence-electron chi connectivity index (χ0n) is 12.0. The maximum Gasteiger partial charge on any atom is 0.321 e. The van der Waals surface area contributed by atoms with Crippen LogP contribution in [0.4, 0.5) is 9.93 Å². The molecule has 11 heteroatoms. The van der Waals surface area contributed by atoms with Crippen LogP contribution in [-0.2, 0) is 7.05 Å².